The van der Waals surface area contributed by atoms with Gasteiger partial charge in [-0.15, -0.1) is 0 Å². The van der Waals surface area contributed by atoms with E-state index in [0.29, 0.717) is 31.2 Å². The molecule has 0 atom stereocenters. The SMILES string of the molecule is Cc1cccc(OCN2CCc3c(nc(-c4ccc(N)cc4)[nH]c3=O)C2)c1C. The summed E-state index contributed by atoms with van der Waals surface area (Å²) < 4.78 is 6.03. The Morgan fingerprint density at radius 1 is 1.18 bits per heavy atom. The number of aromatic amines is 1. The van der Waals surface area contributed by atoms with Gasteiger partial charge in [-0.05, 0) is 61.7 Å². The second kappa shape index (κ2) is 7.48. The summed E-state index contributed by atoms with van der Waals surface area (Å²) in [5.74, 6) is 1.47. The van der Waals surface area contributed by atoms with Crippen LogP contribution in [0, 0.1) is 13.8 Å². The van der Waals surface area contributed by atoms with Gasteiger partial charge < -0.3 is 15.5 Å². The number of nitrogens with zero attached hydrogens (tertiary/aromatic N) is 2. The van der Waals surface area contributed by atoms with Gasteiger partial charge in [0.1, 0.15) is 18.3 Å². The van der Waals surface area contributed by atoms with Crippen molar-refractivity contribution < 1.29 is 4.74 Å². The number of rotatable bonds is 4. The molecule has 0 amide bonds. The Labute approximate surface area is 164 Å². The van der Waals surface area contributed by atoms with Gasteiger partial charge in [0.2, 0.25) is 0 Å². The van der Waals surface area contributed by atoms with Crippen LogP contribution in [0.15, 0.2) is 47.3 Å². The van der Waals surface area contributed by atoms with E-state index in [1.807, 2.05) is 24.3 Å². The highest BCUT2D eigenvalue weighted by atomic mass is 16.5. The number of nitrogen functional groups attached to an aromatic ring is 1. The molecule has 0 fully saturated rings. The molecule has 1 aliphatic rings. The molecule has 0 saturated heterocycles. The van der Waals surface area contributed by atoms with Gasteiger partial charge in [0, 0.05) is 29.9 Å². The maximum Gasteiger partial charge on any atom is 0.254 e. The van der Waals surface area contributed by atoms with E-state index in [2.05, 4.69) is 29.8 Å². The molecule has 0 bridgehead atoms. The van der Waals surface area contributed by atoms with E-state index >= 15 is 0 Å². The molecule has 0 spiro atoms. The Balaban J connectivity index is 1.53. The van der Waals surface area contributed by atoms with Crippen LogP contribution in [0.25, 0.3) is 11.4 Å². The van der Waals surface area contributed by atoms with Gasteiger partial charge in [-0.1, -0.05) is 12.1 Å². The fourth-order valence-electron chi connectivity index (χ4n) is 3.42. The summed E-state index contributed by atoms with van der Waals surface area (Å²) in [6.45, 7) is 5.97. The van der Waals surface area contributed by atoms with E-state index in [9.17, 15) is 4.79 Å². The number of hydrogen-bond acceptors (Lipinski definition) is 5. The van der Waals surface area contributed by atoms with E-state index in [0.717, 1.165) is 34.7 Å². The zero-order chi connectivity index (χ0) is 19.7. The number of anilines is 1. The largest absolute Gasteiger partial charge is 0.478 e. The molecule has 3 N–H and O–H groups in total. The second-order valence-corrected chi connectivity index (χ2v) is 7.24. The number of nitrogens with one attached hydrogen (secondary N) is 1. The lowest BCUT2D eigenvalue weighted by atomic mass is 10.1. The summed E-state index contributed by atoms with van der Waals surface area (Å²) in [5.41, 5.74) is 11.2. The maximum absolute atomic E-state index is 12.5. The molecule has 144 valence electrons. The molecule has 28 heavy (non-hydrogen) atoms. The number of aromatic nitrogens is 2. The molecule has 2 heterocycles. The van der Waals surface area contributed by atoms with Gasteiger partial charge in [-0.3, -0.25) is 9.69 Å². The molecule has 2 aromatic carbocycles. The van der Waals surface area contributed by atoms with Crippen molar-refractivity contribution in [3.05, 3.63) is 75.2 Å². The average molecular weight is 376 g/mol. The highest BCUT2D eigenvalue weighted by molar-refractivity contribution is 5.58. The molecule has 6 heteroatoms. The first kappa shape index (κ1) is 18.3. The maximum atomic E-state index is 12.5. The van der Waals surface area contributed by atoms with Crippen LogP contribution < -0.4 is 16.0 Å². The number of hydrogen-bond donors (Lipinski definition) is 2. The standard InChI is InChI=1S/C22H24N4O2/c1-14-4-3-5-20(15(14)2)28-13-26-11-10-18-19(12-26)24-21(25-22(18)27)16-6-8-17(23)9-7-16/h3-9H,10-13,23H2,1-2H3,(H,24,25,27). The lowest BCUT2D eigenvalue weighted by molar-refractivity contribution is 0.111. The number of ether oxygens (including phenoxy) is 1. The topological polar surface area (TPSA) is 84.2 Å². The second-order valence-electron chi connectivity index (χ2n) is 7.24. The van der Waals surface area contributed by atoms with Crippen LogP contribution in [0.2, 0.25) is 0 Å². The van der Waals surface area contributed by atoms with E-state index in [-0.39, 0.29) is 5.56 Å². The molecular weight excluding hydrogens is 352 g/mol. The summed E-state index contributed by atoms with van der Waals surface area (Å²) in [6, 6.07) is 13.4. The van der Waals surface area contributed by atoms with Crippen molar-refractivity contribution >= 4 is 5.69 Å². The lowest BCUT2D eigenvalue weighted by Gasteiger charge is -2.28. The molecule has 1 aromatic heterocycles. The third-order valence-electron chi connectivity index (χ3n) is 5.29. The molecule has 3 aromatic rings. The third kappa shape index (κ3) is 3.64. The number of benzene rings is 2. The smallest absolute Gasteiger partial charge is 0.254 e. The highest BCUT2D eigenvalue weighted by Crippen LogP contribution is 2.23. The molecule has 6 nitrogen and oxygen atoms in total. The van der Waals surface area contributed by atoms with Crippen molar-refractivity contribution in [3.8, 4) is 17.1 Å². The van der Waals surface area contributed by atoms with E-state index in [1.165, 1.54) is 5.56 Å². The fraction of sp³-hybridized carbons (Fsp3) is 0.273. The summed E-state index contributed by atoms with van der Waals surface area (Å²) in [5, 5.41) is 0. The monoisotopic (exact) mass is 376 g/mol. The fourth-order valence-corrected chi connectivity index (χ4v) is 3.42. The zero-order valence-electron chi connectivity index (χ0n) is 16.2. The van der Waals surface area contributed by atoms with Gasteiger partial charge in [0.15, 0.2) is 0 Å². The van der Waals surface area contributed by atoms with E-state index in [4.69, 9.17) is 15.5 Å². The van der Waals surface area contributed by atoms with Gasteiger partial charge in [0.25, 0.3) is 5.56 Å². The van der Waals surface area contributed by atoms with Crippen LogP contribution in [0.5, 0.6) is 5.75 Å². The predicted octanol–water partition coefficient (Wildman–Crippen LogP) is 3.03. The van der Waals surface area contributed by atoms with Gasteiger partial charge >= 0.3 is 0 Å². The number of H-pyrrole nitrogens is 1. The number of fused-ring (bicyclic) bond motifs is 1. The lowest BCUT2D eigenvalue weighted by Crippen LogP contribution is -2.37. The van der Waals surface area contributed by atoms with Crippen LogP contribution in [0.4, 0.5) is 5.69 Å². The summed E-state index contributed by atoms with van der Waals surface area (Å²) >= 11 is 0. The minimum Gasteiger partial charge on any atom is -0.478 e. The number of nitrogens with two attached hydrogens (primary N) is 1. The molecule has 0 radical (unpaired) electrons. The van der Waals surface area contributed by atoms with E-state index in [1.54, 1.807) is 12.1 Å². The van der Waals surface area contributed by atoms with Crippen molar-refractivity contribution in [2.24, 2.45) is 0 Å². The zero-order valence-corrected chi connectivity index (χ0v) is 16.2. The first-order valence-corrected chi connectivity index (χ1v) is 9.40. The minimum absolute atomic E-state index is 0.0630. The Bertz CT molecular complexity index is 1060. The van der Waals surface area contributed by atoms with Gasteiger partial charge in [0.05, 0.1) is 5.69 Å². The van der Waals surface area contributed by atoms with Gasteiger partial charge in [-0.25, -0.2) is 4.98 Å². The van der Waals surface area contributed by atoms with Gasteiger partial charge in [-0.2, -0.15) is 0 Å². The third-order valence-corrected chi connectivity index (χ3v) is 5.29. The molecule has 0 aliphatic carbocycles. The predicted molar refractivity (Wildman–Crippen MR) is 110 cm³/mol. The summed E-state index contributed by atoms with van der Waals surface area (Å²) in [6.07, 6.45) is 0.663. The minimum atomic E-state index is -0.0630. The molecule has 0 unspecified atom stereocenters. The summed E-state index contributed by atoms with van der Waals surface area (Å²) in [7, 11) is 0. The van der Waals surface area contributed by atoms with Crippen molar-refractivity contribution in [1.82, 2.24) is 14.9 Å². The average Bonchev–Trinajstić information content (AvgIpc) is 2.69. The van der Waals surface area contributed by atoms with Crippen molar-refractivity contribution in [3.63, 3.8) is 0 Å². The first-order valence-electron chi connectivity index (χ1n) is 9.40. The first-order chi connectivity index (χ1) is 13.5. The van der Waals surface area contributed by atoms with Crippen LogP contribution >= 0.6 is 0 Å². The Morgan fingerprint density at radius 2 is 1.96 bits per heavy atom. The van der Waals surface area contributed by atoms with Crippen molar-refractivity contribution in [2.45, 2.75) is 26.8 Å². The Morgan fingerprint density at radius 3 is 2.75 bits per heavy atom. The molecular formula is C22H24N4O2. The quantitative estimate of drug-likeness (QED) is 0.684. The Hall–Kier alpha value is -3.12. The van der Waals surface area contributed by atoms with Crippen LogP contribution in [0.3, 0.4) is 0 Å². The van der Waals surface area contributed by atoms with Crippen LogP contribution in [0.1, 0.15) is 22.4 Å². The van der Waals surface area contributed by atoms with Crippen molar-refractivity contribution in [1.29, 1.82) is 0 Å². The summed E-state index contributed by atoms with van der Waals surface area (Å²) in [4.78, 5) is 22.3. The van der Waals surface area contributed by atoms with Crippen LogP contribution in [-0.4, -0.2) is 28.1 Å². The molecule has 0 saturated carbocycles. The molecule has 4 rings (SSSR count). The van der Waals surface area contributed by atoms with Crippen LogP contribution in [-0.2, 0) is 13.0 Å². The number of aryl methyl sites for hydroxylation is 1. The van der Waals surface area contributed by atoms with Crippen molar-refractivity contribution in [2.75, 3.05) is 19.0 Å². The highest BCUT2D eigenvalue weighted by Gasteiger charge is 2.22. The normalized spacial score (nSPS) is 13.9. The molecule has 1 aliphatic heterocycles. The van der Waals surface area contributed by atoms with E-state index < -0.39 is 0 Å². The Kier molecular flexibility index (Phi) is 4.88.